The fourth-order valence-electron chi connectivity index (χ4n) is 1.60. The van der Waals surface area contributed by atoms with E-state index >= 15 is 0 Å². The van der Waals surface area contributed by atoms with Crippen molar-refractivity contribution in [2.45, 2.75) is 19.5 Å². The molecule has 2 N–H and O–H groups in total. The lowest BCUT2D eigenvalue weighted by Crippen LogP contribution is -2.17. The van der Waals surface area contributed by atoms with Gasteiger partial charge >= 0.3 is 0 Å². The van der Waals surface area contributed by atoms with Crippen molar-refractivity contribution in [2.24, 2.45) is 0 Å². The maximum atomic E-state index is 3.48. The van der Waals surface area contributed by atoms with Crippen molar-refractivity contribution in [3.05, 3.63) is 59.9 Å². The van der Waals surface area contributed by atoms with Gasteiger partial charge in [-0.3, -0.25) is 0 Å². The molecular weight excluding hydrogens is 184 g/mol. The highest BCUT2D eigenvalue weighted by Gasteiger charge is 2.03. The van der Waals surface area contributed by atoms with Crippen molar-refractivity contribution in [2.75, 3.05) is 0 Å². The predicted molar refractivity (Wildman–Crippen MR) is 62.5 cm³/mol. The molecule has 78 valence electrons. The molecule has 0 aliphatic rings. The standard InChI is InChI=1S/C13H16N2/c1-11(13-5-3-2-4-6-13)15-10-12-7-8-14-9-12/h2-9,11,14-15H,10H2,1H3. The summed E-state index contributed by atoms with van der Waals surface area (Å²) in [6.45, 7) is 3.08. The summed E-state index contributed by atoms with van der Waals surface area (Å²) >= 11 is 0. The Morgan fingerprint density at radius 2 is 2.00 bits per heavy atom. The summed E-state index contributed by atoms with van der Waals surface area (Å²) in [4.78, 5) is 3.05. The summed E-state index contributed by atoms with van der Waals surface area (Å²) in [5.41, 5.74) is 2.62. The van der Waals surface area contributed by atoms with Gasteiger partial charge in [0.05, 0.1) is 0 Å². The van der Waals surface area contributed by atoms with Crippen LogP contribution >= 0.6 is 0 Å². The van der Waals surface area contributed by atoms with Crippen LogP contribution < -0.4 is 5.32 Å². The minimum atomic E-state index is 0.390. The van der Waals surface area contributed by atoms with E-state index in [4.69, 9.17) is 0 Å². The molecule has 0 fully saturated rings. The second-order valence-corrected chi connectivity index (χ2v) is 3.73. The molecule has 2 rings (SSSR count). The van der Waals surface area contributed by atoms with E-state index in [9.17, 15) is 0 Å². The first-order chi connectivity index (χ1) is 7.36. The Labute approximate surface area is 90.3 Å². The molecule has 0 spiro atoms. The second kappa shape index (κ2) is 4.80. The molecule has 1 atom stereocenters. The lowest BCUT2D eigenvalue weighted by atomic mass is 10.1. The quantitative estimate of drug-likeness (QED) is 0.780. The molecule has 0 amide bonds. The van der Waals surface area contributed by atoms with E-state index in [1.807, 2.05) is 18.5 Å². The van der Waals surface area contributed by atoms with Crippen LogP contribution in [0.15, 0.2) is 48.8 Å². The third-order valence-corrected chi connectivity index (χ3v) is 2.57. The van der Waals surface area contributed by atoms with E-state index in [1.165, 1.54) is 11.1 Å². The van der Waals surface area contributed by atoms with Gasteiger partial charge in [0.15, 0.2) is 0 Å². The summed E-state index contributed by atoms with van der Waals surface area (Å²) in [7, 11) is 0. The monoisotopic (exact) mass is 200 g/mol. The van der Waals surface area contributed by atoms with E-state index in [-0.39, 0.29) is 0 Å². The van der Waals surface area contributed by atoms with Gasteiger partial charge in [-0.25, -0.2) is 0 Å². The number of aromatic amines is 1. The minimum Gasteiger partial charge on any atom is -0.367 e. The Hall–Kier alpha value is -1.54. The summed E-state index contributed by atoms with van der Waals surface area (Å²) in [6, 6.07) is 13.0. The summed E-state index contributed by atoms with van der Waals surface area (Å²) in [5, 5.41) is 3.48. The fourth-order valence-corrected chi connectivity index (χ4v) is 1.60. The minimum absolute atomic E-state index is 0.390. The number of hydrogen-bond donors (Lipinski definition) is 2. The van der Waals surface area contributed by atoms with Gasteiger partial charge in [-0.15, -0.1) is 0 Å². The first kappa shape index (κ1) is 9.99. The van der Waals surface area contributed by atoms with Crippen molar-refractivity contribution in [3.63, 3.8) is 0 Å². The Morgan fingerprint density at radius 3 is 2.67 bits per heavy atom. The normalized spacial score (nSPS) is 12.6. The number of nitrogens with one attached hydrogen (secondary N) is 2. The molecule has 0 aliphatic carbocycles. The fraction of sp³-hybridized carbons (Fsp3) is 0.231. The molecule has 2 nitrogen and oxygen atoms in total. The van der Waals surface area contributed by atoms with Crippen LogP contribution in [0.3, 0.4) is 0 Å². The van der Waals surface area contributed by atoms with Gasteiger partial charge in [-0.1, -0.05) is 30.3 Å². The van der Waals surface area contributed by atoms with Crippen molar-refractivity contribution in [3.8, 4) is 0 Å². The first-order valence-corrected chi connectivity index (χ1v) is 5.26. The zero-order valence-corrected chi connectivity index (χ0v) is 8.90. The molecule has 2 heteroatoms. The average Bonchev–Trinajstić information content (AvgIpc) is 2.80. The van der Waals surface area contributed by atoms with Crippen molar-refractivity contribution >= 4 is 0 Å². The Kier molecular flexibility index (Phi) is 3.20. The Bertz CT molecular complexity index is 378. The van der Waals surface area contributed by atoms with Crippen LogP contribution in [0.2, 0.25) is 0 Å². The largest absolute Gasteiger partial charge is 0.367 e. The van der Waals surface area contributed by atoms with Gasteiger partial charge in [-0.2, -0.15) is 0 Å². The maximum Gasteiger partial charge on any atom is 0.0294 e. The Morgan fingerprint density at radius 1 is 1.20 bits per heavy atom. The van der Waals surface area contributed by atoms with Crippen molar-refractivity contribution in [1.29, 1.82) is 0 Å². The van der Waals surface area contributed by atoms with Gasteiger partial charge in [-0.05, 0) is 24.1 Å². The van der Waals surface area contributed by atoms with Crippen LogP contribution in [-0.4, -0.2) is 4.98 Å². The van der Waals surface area contributed by atoms with E-state index in [0.717, 1.165) is 6.54 Å². The van der Waals surface area contributed by atoms with Crippen molar-refractivity contribution in [1.82, 2.24) is 10.3 Å². The molecular formula is C13H16N2. The maximum absolute atomic E-state index is 3.48. The molecule has 1 aromatic heterocycles. The van der Waals surface area contributed by atoms with Gasteiger partial charge < -0.3 is 10.3 Å². The molecule has 0 bridgehead atoms. The highest BCUT2D eigenvalue weighted by molar-refractivity contribution is 5.18. The number of H-pyrrole nitrogens is 1. The molecule has 1 unspecified atom stereocenters. The topological polar surface area (TPSA) is 27.8 Å². The van der Waals surface area contributed by atoms with E-state index < -0.39 is 0 Å². The molecule has 0 aliphatic heterocycles. The lowest BCUT2D eigenvalue weighted by Gasteiger charge is -2.13. The SMILES string of the molecule is CC(NCc1cc[nH]c1)c1ccccc1. The summed E-state index contributed by atoms with van der Waals surface area (Å²) in [6.07, 6.45) is 3.97. The predicted octanol–water partition coefficient (Wildman–Crippen LogP) is 2.87. The zero-order chi connectivity index (χ0) is 10.5. The van der Waals surface area contributed by atoms with Gasteiger partial charge in [0.25, 0.3) is 0 Å². The van der Waals surface area contributed by atoms with Crippen LogP contribution in [0.1, 0.15) is 24.1 Å². The van der Waals surface area contributed by atoms with Crippen molar-refractivity contribution < 1.29 is 0 Å². The van der Waals surface area contributed by atoms with Crippen LogP contribution in [0.4, 0.5) is 0 Å². The lowest BCUT2D eigenvalue weighted by molar-refractivity contribution is 0.575. The van der Waals surface area contributed by atoms with Gasteiger partial charge in [0, 0.05) is 25.0 Å². The molecule has 1 aromatic carbocycles. The number of aromatic nitrogens is 1. The Balaban J connectivity index is 1.90. The zero-order valence-electron chi connectivity index (χ0n) is 8.90. The smallest absolute Gasteiger partial charge is 0.0294 e. The molecule has 2 aromatic rings. The summed E-state index contributed by atoms with van der Waals surface area (Å²) < 4.78 is 0. The highest BCUT2D eigenvalue weighted by Crippen LogP contribution is 2.11. The first-order valence-electron chi connectivity index (χ1n) is 5.26. The highest BCUT2D eigenvalue weighted by atomic mass is 14.9. The third kappa shape index (κ3) is 2.70. The van der Waals surface area contributed by atoms with Gasteiger partial charge in [0.2, 0.25) is 0 Å². The number of benzene rings is 1. The number of rotatable bonds is 4. The molecule has 0 saturated carbocycles. The molecule has 1 heterocycles. The van der Waals surface area contributed by atoms with Crippen LogP contribution in [0.5, 0.6) is 0 Å². The van der Waals surface area contributed by atoms with E-state index in [1.54, 1.807) is 0 Å². The molecule has 0 radical (unpaired) electrons. The van der Waals surface area contributed by atoms with E-state index in [2.05, 4.69) is 47.6 Å². The van der Waals surface area contributed by atoms with Crippen LogP contribution in [0.25, 0.3) is 0 Å². The molecule has 15 heavy (non-hydrogen) atoms. The van der Waals surface area contributed by atoms with E-state index in [0.29, 0.717) is 6.04 Å². The molecule has 0 saturated heterocycles. The summed E-state index contributed by atoms with van der Waals surface area (Å²) in [5.74, 6) is 0. The van der Waals surface area contributed by atoms with Crippen LogP contribution in [0, 0.1) is 0 Å². The second-order valence-electron chi connectivity index (χ2n) is 3.73. The average molecular weight is 200 g/mol. The van der Waals surface area contributed by atoms with Crippen LogP contribution in [-0.2, 0) is 6.54 Å². The number of hydrogen-bond acceptors (Lipinski definition) is 1. The third-order valence-electron chi connectivity index (χ3n) is 2.57. The van der Waals surface area contributed by atoms with Gasteiger partial charge in [0.1, 0.15) is 0 Å².